The van der Waals surface area contributed by atoms with E-state index in [0.717, 1.165) is 11.3 Å². The third kappa shape index (κ3) is 4.51. The molecule has 0 radical (unpaired) electrons. The second-order valence-corrected chi connectivity index (χ2v) is 5.42. The Hall–Kier alpha value is -0.780. The Bertz CT molecular complexity index is 445. The summed E-state index contributed by atoms with van der Waals surface area (Å²) in [6, 6.07) is 5.49. The van der Waals surface area contributed by atoms with Gasteiger partial charge in [0.2, 0.25) is 10.0 Å². The van der Waals surface area contributed by atoms with Crippen molar-refractivity contribution in [1.82, 2.24) is 0 Å². The molecule has 0 aliphatic rings. The number of nitrogens with two attached hydrogens (primary N) is 1. The molecule has 1 aromatic rings. The van der Waals surface area contributed by atoms with Gasteiger partial charge < -0.3 is 5.32 Å². The zero-order valence-electron chi connectivity index (χ0n) is 8.33. The average Bonchev–Trinajstić information content (AvgIpc) is 2.09. The largest absolute Gasteiger partial charge is 0.383 e. The predicted octanol–water partition coefficient (Wildman–Crippen LogP) is 1.35. The fourth-order valence-electron chi connectivity index (χ4n) is 1.10. The number of primary sulfonamides is 1. The average molecular weight is 249 g/mol. The molecule has 0 unspecified atom stereocenters. The second kappa shape index (κ2) is 4.83. The number of hydrogen-bond donors (Lipinski definition) is 2. The number of sulfonamides is 1. The van der Waals surface area contributed by atoms with Crippen LogP contribution in [0.1, 0.15) is 5.56 Å². The molecule has 4 nitrogen and oxygen atoms in total. The van der Waals surface area contributed by atoms with Gasteiger partial charge in [-0.2, -0.15) is 0 Å². The molecule has 0 spiro atoms. The van der Waals surface area contributed by atoms with Crippen molar-refractivity contribution in [3.63, 3.8) is 0 Å². The lowest BCUT2D eigenvalue weighted by atomic mass is 10.2. The summed E-state index contributed by atoms with van der Waals surface area (Å²) in [5.41, 5.74) is 1.78. The van der Waals surface area contributed by atoms with Crippen LogP contribution in [-0.4, -0.2) is 20.7 Å². The van der Waals surface area contributed by atoms with Gasteiger partial charge in [-0.15, -0.1) is 0 Å². The van der Waals surface area contributed by atoms with Crippen molar-refractivity contribution in [2.75, 3.05) is 17.6 Å². The van der Waals surface area contributed by atoms with E-state index in [0.29, 0.717) is 5.02 Å². The quantitative estimate of drug-likeness (QED) is 0.845. The Balaban J connectivity index is 2.61. The minimum atomic E-state index is -3.42. The Morgan fingerprint density at radius 2 is 2.13 bits per heavy atom. The summed E-state index contributed by atoms with van der Waals surface area (Å²) in [4.78, 5) is 0. The maximum Gasteiger partial charge on any atom is 0.210 e. The molecule has 0 aliphatic heterocycles. The van der Waals surface area contributed by atoms with Gasteiger partial charge in [0, 0.05) is 6.54 Å². The highest BCUT2D eigenvalue weighted by molar-refractivity contribution is 7.89. The van der Waals surface area contributed by atoms with Crippen LogP contribution in [0.15, 0.2) is 18.2 Å². The van der Waals surface area contributed by atoms with Gasteiger partial charge in [-0.3, -0.25) is 0 Å². The van der Waals surface area contributed by atoms with E-state index in [1.807, 2.05) is 19.1 Å². The molecule has 6 heteroatoms. The third-order valence-electron chi connectivity index (χ3n) is 1.82. The minimum Gasteiger partial charge on any atom is -0.383 e. The third-order valence-corrected chi connectivity index (χ3v) is 2.93. The first-order valence-electron chi connectivity index (χ1n) is 4.39. The number of halogens is 1. The number of nitrogens with one attached hydrogen (secondary N) is 1. The molecule has 0 heterocycles. The molecule has 0 saturated carbocycles. The smallest absolute Gasteiger partial charge is 0.210 e. The Morgan fingerprint density at radius 1 is 1.47 bits per heavy atom. The lowest BCUT2D eigenvalue weighted by Crippen LogP contribution is -2.22. The summed E-state index contributed by atoms with van der Waals surface area (Å²) in [6.07, 6.45) is 0. The molecule has 0 bridgehead atoms. The van der Waals surface area contributed by atoms with Crippen molar-refractivity contribution in [2.24, 2.45) is 5.14 Å². The van der Waals surface area contributed by atoms with Gasteiger partial charge in [-0.05, 0) is 24.6 Å². The van der Waals surface area contributed by atoms with Crippen LogP contribution in [0.2, 0.25) is 5.02 Å². The molecule has 1 aromatic carbocycles. The first-order chi connectivity index (χ1) is 6.88. The van der Waals surface area contributed by atoms with Crippen molar-refractivity contribution in [3.05, 3.63) is 28.8 Å². The molecule has 0 amide bonds. The van der Waals surface area contributed by atoms with Gasteiger partial charge >= 0.3 is 0 Å². The zero-order chi connectivity index (χ0) is 11.5. The Morgan fingerprint density at radius 3 is 2.73 bits per heavy atom. The van der Waals surface area contributed by atoms with Crippen LogP contribution in [0.5, 0.6) is 0 Å². The number of anilines is 1. The summed E-state index contributed by atoms with van der Waals surface area (Å²) in [7, 11) is -3.42. The lowest BCUT2D eigenvalue weighted by molar-refractivity contribution is 0.598. The van der Waals surface area contributed by atoms with E-state index >= 15 is 0 Å². The first kappa shape index (κ1) is 12.3. The maximum absolute atomic E-state index is 10.7. The normalized spacial score (nSPS) is 11.4. The van der Waals surface area contributed by atoms with Crippen molar-refractivity contribution in [3.8, 4) is 0 Å². The molecule has 0 saturated heterocycles. The monoisotopic (exact) mass is 248 g/mol. The highest BCUT2D eigenvalue weighted by Gasteiger charge is 2.03. The number of hydrogen-bond acceptors (Lipinski definition) is 3. The number of aryl methyl sites for hydroxylation is 1. The van der Waals surface area contributed by atoms with E-state index in [-0.39, 0.29) is 12.3 Å². The fourth-order valence-corrected chi connectivity index (χ4v) is 1.67. The van der Waals surface area contributed by atoms with E-state index in [1.165, 1.54) is 0 Å². The van der Waals surface area contributed by atoms with Crippen LogP contribution in [0, 0.1) is 6.92 Å². The van der Waals surface area contributed by atoms with E-state index in [2.05, 4.69) is 5.32 Å². The van der Waals surface area contributed by atoms with Gasteiger partial charge in [0.15, 0.2) is 0 Å². The van der Waals surface area contributed by atoms with Crippen LogP contribution in [-0.2, 0) is 10.0 Å². The number of rotatable bonds is 4. The standard InChI is InChI=1S/C9H13ClN2O2S/c1-7-2-3-8(10)9(6-7)12-4-5-15(11,13)14/h2-3,6,12H,4-5H2,1H3,(H2,11,13,14). The predicted molar refractivity (Wildman–Crippen MR) is 62.7 cm³/mol. The van der Waals surface area contributed by atoms with Crippen LogP contribution in [0.3, 0.4) is 0 Å². The van der Waals surface area contributed by atoms with Crippen molar-refractivity contribution >= 4 is 27.3 Å². The molecular formula is C9H13ClN2O2S. The van der Waals surface area contributed by atoms with Gasteiger partial charge in [-0.1, -0.05) is 17.7 Å². The molecule has 1 rings (SSSR count). The van der Waals surface area contributed by atoms with Crippen molar-refractivity contribution in [1.29, 1.82) is 0 Å². The van der Waals surface area contributed by atoms with Crippen LogP contribution in [0.4, 0.5) is 5.69 Å². The van der Waals surface area contributed by atoms with Crippen LogP contribution < -0.4 is 10.5 Å². The molecular weight excluding hydrogens is 236 g/mol. The summed E-state index contributed by atoms with van der Waals surface area (Å²) in [5.74, 6) is -0.114. The minimum absolute atomic E-state index is 0.114. The van der Waals surface area contributed by atoms with Gasteiger partial charge in [0.05, 0.1) is 16.5 Å². The summed E-state index contributed by atoms with van der Waals surface area (Å²) in [6.45, 7) is 2.18. The van der Waals surface area contributed by atoms with E-state index in [9.17, 15) is 8.42 Å². The summed E-state index contributed by atoms with van der Waals surface area (Å²) in [5, 5.41) is 8.35. The molecule has 15 heavy (non-hydrogen) atoms. The van der Waals surface area contributed by atoms with Gasteiger partial charge in [0.25, 0.3) is 0 Å². The topological polar surface area (TPSA) is 72.2 Å². The molecule has 0 atom stereocenters. The Labute approximate surface area is 94.5 Å². The molecule has 3 N–H and O–H groups in total. The van der Waals surface area contributed by atoms with Crippen molar-refractivity contribution in [2.45, 2.75) is 6.92 Å². The molecule has 84 valence electrons. The van der Waals surface area contributed by atoms with E-state index in [1.54, 1.807) is 6.07 Å². The summed E-state index contributed by atoms with van der Waals surface area (Å²) < 4.78 is 21.4. The van der Waals surface area contributed by atoms with Gasteiger partial charge in [0.1, 0.15) is 0 Å². The van der Waals surface area contributed by atoms with Crippen molar-refractivity contribution < 1.29 is 8.42 Å². The van der Waals surface area contributed by atoms with E-state index < -0.39 is 10.0 Å². The number of benzene rings is 1. The van der Waals surface area contributed by atoms with E-state index in [4.69, 9.17) is 16.7 Å². The highest BCUT2D eigenvalue weighted by Crippen LogP contribution is 2.22. The summed E-state index contributed by atoms with van der Waals surface area (Å²) >= 11 is 5.90. The zero-order valence-corrected chi connectivity index (χ0v) is 9.90. The maximum atomic E-state index is 10.7. The van der Waals surface area contributed by atoms with Crippen LogP contribution >= 0.6 is 11.6 Å². The van der Waals surface area contributed by atoms with Crippen LogP contribution in [0.25, 0.3) is 0 Å². The molecule has 0 aliphatic carbocycles. The fraction of sp³-hybridized carbons (Fsp3) is 0.333. The SMILES string of the molecule is Cc1ccc(Cl)c(NCCS(N)(=O)=O)c1. The Kier molecular flexibility index (Phi) is 3.96. The molecule has 0 aromatic heterocycles. The molecule has 0 fully saturated rings. The second-order valence-electron chi connectivity index (χ2n) is 3.28. The van der Waals surface area contributed by atoms with Gasteiger partial charge in [-0.25, -0.2) is 13.6 Å². The lowest BCUT2D eigenvalue weighted by Gasteiger charge is -2.08. The first-order valence-corrected chi connectivity index (χ1v) is 6.48. The highest BCUT2D eigenvalue weighted by atomic mass is 35.5.